The van der Waals surface area contributed by atoms with E-state index >= 15 is 0 Å². The van der Waals surface area contributed by atoms with E-state index < -0.39 is 15.1 Å². The normalized spacial score (nSPS) is 17.4. The lowest BCUT2D eigenvalue weighted by molar-refractivity contribution is 0.106. The zero-order valence-electron chi connectivity index (χ0n) is 16.3. The van der Waals surface area contributed by atoms with Crippen molar-refractivity contribution in [3.63, 3.8) is 0 Å². The van der Waals surface area contributed by atoms with Gasteiger partial charge in [0.1, 0.15) is 6.61 Å². The first kappa shape index (κ1) is 20.8. The van der Waals surface area contributed by atoms with Gasteiger partial charge in [0.15, 0.2) is 0 Å². The van der Waals surface area contributed by atoms with Gasteiger partial charge in [-0.05, 0) is 54.8 Å². The first-order chi connectivity index (χ1) is 14.4. The van der Waals surface area contributed by atoms with Crippen molar-refractivity contribution in [2.45, 2.75) is 12.8 Å². The molecule has 6 nitrogen and oxygen atoms in total. The van der Waals surface area contributed by atoms with Gasteiger partial charge in [-0.25, -0.2) is 13.4 Å². The summed E-state index contributed by atoms with van der Waals surface area (Å²) >= 11 is 5.81. The number of carbonyl (C=O) groups excluding carboxylic acids is 1. The number of halogens is 1. The van der Waals surface area contributed by atoms with Crippen LogP contribution in [0.1, 0.15) is 34.3 Å². The molecule has 0 aliphatic carbocycles. The van der Waals surface area contributed by atoms with Crippen molar-refractivity contribution in [3.8, 4) is 0 Å². The Morgan fingerprint density at radius 3 is 2.30 bits per heavy atom. The van der Waals surface area contributed by atoms with Crippen molar-refractivity contribution in [2.75, 3.05) is 26.2 Å². The van der Waals surface area contributed by atoms with Gasteiger partial charge in [0.05, 0.1) is 6.54 Å². The Kier molecular flexibility index (Phi) is 6.04. The topological polar surface area (TPSA) is 76.0 Å². The average molecular weight is 445 g/mol. The van der Waals surface area contributed by atoms with Crippen LogP contribution in [0, 0.1) is 0 Å². The van der Waals surface area contributed by atoms with Gasteiger partial charge in [-0.3, -0.25) is 4.79 Å². The number of nitrogens with zero attached hydrogens (tertiary/aromatic N) is 2. The first-order valence-electron chi connectivity index (χ1n) is 9.71. The molecule has 2 aromatic carbocycles. The molecule has 0 radical (unpaired) electrons. The number of sulfonamides is 1. The first-order valence-corrected chi connectivity index (χ1v) is 11.5. The highest BCUT2D eigenvalue weighted by atomic mass is 35.5. The van der Waals surface area contributed by atoms with Crippen molar-refractivity contribution in [1.29, 1.82) is 0 Å². The van der Waals surface area contributed by atoms with E-state index in [1.807, 2.05) is 24.3 Å². The third-order valence-electron chi connectivity index (χ3n) is 5.13. The number of carbonyl (C=O) groups is 1. The molecule has 4 rings (SSSR count). The maximum Gasteiger partial charge on any atom is 0.291 e. The molecule has 0 atom stereocenters. The molecule has 1 fully saturated rings. The molecule has 2 aromatic rings. The molecule has 2 heterocycles. The van der Waals surface area contributed by atoms with Crippen LogP contribution >= 0.6 is 11.6 Å². The van der Waals surface area contributed by atoms with Crippen LogP contribution in [0.25, 0.3) is 6.08 Å². The standard InChI is InChI=1S/C22H21ClN2O4S/c23-20-7-5-19(6-8-20)22(26)30(27,28)25-12-9-17(10-13-25)15-16-1-3-18(4-2-16)21-24-11-14-29-21/h1-8,15H,9-14H2. The zero-order chi connectivity index (χ0) is 21.1. The maximum atomic E-state index is 12.7. The van der Waals surface area contributed by atoms with Gasteiger partial charge in [-0.1, -0.05) is 35.4 Å². The number of benzene rings is 2. The molecule has 30 heavy (non-hydrogen) atoms. The minimum atomic E-state index is -4.04. The van der Waals surface area contributed by atoms with Crippen LogP contribution in [0.4, 0.5) is 0 Å². The molecule has 0 spiro atoms. The van der Waals surface area contributed by atoms with Gasteiger partial charge in [0, 0.05) is 29.2 Å². The third kappa shape index (κ3) is 4.48. The van der Waals surface area contributed by atoms with Crippen molar-refractivity contribution < 1.29 is 17.9 Å². The molecule has 0 amide bonds. The van der Waals surface area contributed by atoms with Crippen molar-refractivity contribution >= 4 is 38.7 Å². The maximum absolute atomic E-state index is 12.7. The number of piperidine rings is 1. The largest absolute Gasteiger partial charge is 0.476 e. The second-order valence-electron chi connectivity index (χ2n) is 7.16. The van der Waals surface area contributed by atoms with E-state index in [1.54, 1.807) is 0 Å². The second kappa shape index (κ2) is 8.71. The molecular formula is C22H21ClN2O4S. The molecular weight excluding hydrogens is 424 g/mol. The van der Waals surface area contributed by atoms with Gasteiger partial charge < -0.3 is 4.74 Å². The Balaban J connectivity index is 1.40. The smallest absolute Gasteiger partial charge is 0.291 e. The molecule has 0 aromatic heterocycles. The Hall–Kier alpha value is -2.48. The summed E-state index contributed by atoms with van der Waals surface area (Å²) < 4.78 is 32.1. The molecule has 0 N–H and O–H groups in total. The van der Waals surface area contributed by atoms with Gasteiger partial charge in [0.25, 0.3) is 15.1 Å². The summed E-state index contributed by atoms with van der Waals surface area (Å²) in [5, 5.41) is -0.437. The third-order valence-corrected chi connectivity index (χ3v) is 7.13. The summed E-state index contributed by atoms with van der Waals surface area (Å²) in [7, 11) is -4.04. The van der Waals surface area contributed by atoms with Gasteiger partial charge in [0.2, 0.25) is 5.90 Å². The van der Waals surface area contributed by atoms with Crippen LogP contribution in [0.5, 0.6) is 0 Å². The number of hydrogen-bond donors (Lipinski definition) is 0. The lowest BCUT2D eigenvalue weighted by Crippen LogP contribution is -2.40. The molecule has 2 aliphatic rings. The van der Waals surface area contributed by atoms with Gasteiger partial charge >= 0.3 is 0 Å². The number of aliphatic imine (C=N–C) groups is 1. The summed E-state index contributed by atoms with van der Waals surface area (Å²) in [5.41, 5.74) is 3.27. The van der Waals surface area contributed by atoms with E-state index in [0.717, 1.165) is 16.7 Å². The monoisotopic (exact) mass is 444 g/mol. The predicted molar refractivity (Wildman–Crippen MR) is 117 cm³/mol. The highest BCUT2D eigenvalue weighted by Gasteiger charge is 2.33. The van der Waals surface area contributed by atoms with Crippen LogP contribution in [0.3, 0.4) is 0 Å². The van der Waals surface area contributed by atoms with E-state index in [4.69, 9.17) is 16.3 Å². The highest BCUT2D eigenvalue weighted by Crippen LogP contribution is 2.24. The highest BCUT2D eigenvalue weighted by molar-refractivity contribution is 8.04. The van der Waals surface area contributed by atoms with Crippen LogP contribution in [-0.4, -0.2) is 50.0 Å². The van der Waals surface area contributed by atoms with Crippen molar-refractivity contribution in [2.24, 2.45) is 4.99 Å². The fourth-order valence-electron chi connectivity index (χ4n) is 3.48. The van der Waals surface area contributed by atoms with Crippen LogP contribution in [-0.2, 0) is 14.8 Å². The fourth-order valence-corrected chi connectivity index (χ4v) is 4.94. The summed E-state index contributed by atoms with van der Waals surface area (Å²) in [6, 6.07) is 13.8. The second-order valence-corrected chi connectivity index (χ2v) is 9.43. The number of ether oxygens (including phenoxy) is 1. The van der Waals surface area contributed by atoms with E-state index in [2.05, 4.69) is 11.1 Å². The number of rotatable bonds is 4. The van der Waals surface area contributed by atoms with Crippen LogP contribution in [0.2, 0.25) is 5.02 Å². The number of hydrogen-bond acceptors (Lipinski definition) is 5. The fraction of sp³-hybridized carbons (Fsp3) is 0.273. The SMILES string of the molecule is O=C(c1ccc(Cl)cc1)S(=O)(=O)N1CCC(=Cc2ccc(C3=NCCO3)cc2)CC1. The summed E-state index contributed by atoms with van der Waals surface area (Å²) in [6.45, 7) is 1.90. The van der Waals surface area contributed by atoms with Crippen molar-refractivity contribution in [3.05, 3.63) is 75.8 Å². The van der Waals surface area contributed by atoms with Crippen LogP contribution < -0.4 is 0 Å². The molecule has 0 saturated carbocycles. The average Bonchev–Trinajstić information content (AvgIpc) is 3.30. The van der Waals surface area contributed by atoms with Crippen LogP contribution in [0.15, 0.2) is 59.1 Å². The molecule has 0 bridgehead atoms. The zero-order valence-corrected chi connectivity index (χ0v) is 17.8. The van der Waals surface area contributed by atoms with E-state index in [0.29, 0.717) is 36.9 Å². The lowest BCUT2D eigenvalue weighted by Gasteiger charge is -2.27. The Bertz CT molecular complexity index is 1100. The minimum Gasteiger partial charge on any atom is -0.476 e. The predicted octanol–water partition coefficient (Wildman–Crippen LogP) is 3.77. The molecule has 2 aliphatic heterocycles. The molecule has 156 valence electrons. The summed E-state index contributed by atoms with van der Waals surface area (Å²) in [5.74, 6) is 0.679. The molecule has 8 heteroatoms. The Labute approximate surface area is 180 Å². The van der Waals surface area contributed by atoms with E-state index in [-0.39, 0.29) is 18.7 Å². The van der Waals surface area contributed by atoms with E-state index in [1.165, 1.54) is 28.6 Å². The Morgan fingerprint density at radius 2 is 1.70 bits per heavy atom. The molecule has 0 unspecified atom stereocenters. The Morgan fingerprint density at radius 1 is 1.03 bits per heavy atom. The minimum absolute atomic E-state index is 0.122. The van der Waals surface area contributed by atoms with Gasteiger partial charge in [-0.15, -0.1) is 0 Å². The quantitative estimate of drug-likeness (QED) is 0.719. The summed E-state index contributed by atoms with van der Waals surface area (Å²) in [4.78, 5) is 16.8. The van der Waals surface area contributed by atoms with E-state index in [9.17, 15) is 13.2 Å². The van der Waals surface area contributed by atoms with Gasteiger partial charge in [-0.2, -0.15) is 4.31 Å². The van der Waals surface area contributed by atoms with Crippen molar-refractivity contribution in [1.82, 2.24) is 4.31 Å². The lowest BCUT2D eigenvalue weighted by atomic mass is 10.0. The summed E-state index contributed by atoms with van der Waals surface area (Å²) in [6.07, 6.45) is 3.25. The molecule has 1 saturated heterocycles.